The molecule has 0 radical (unpaired) electrons. The van der Waals surface area contributed by atoms with Gasteiger partial charge >= 0.3 is 5.97 Å². The predicted molar refractivity (Wildman–Crippen MR) is 188 cm³/mol. The van der Waals surface area contributed by atoms with E-state index in [0.29, 0.717) is 43.0 Å². The summed E-state index contributed by atoms with van der Waals surface area (Å²) in [6, 6.07) is 10.2. The van der Waals surface area contributed by atoms with E-state index in [9.17, 15) is 4.79 Å². The Balaban J connectivity index is 1.48. The molecule has 6 heterocycles. The molecular formula is C37H47N5O5S. The number of aromatic nitrogens is 4. The fourth-order valence-corrected chi connectivity index (χ4v) is 7.18. The number of hydrogen-bond acceptors (Lipinski definition) is 10. The second kappa shape index (κ2) is 14.0. The van der Waals surface area contributed by atoms with Crippen LogP contribution in [0.4, 0.5) is 5.82 Å². The van der Waals surface area contributed by atoms with Gasteiger partial charge in [0.2, 0.25) is 0 Å². The zero-order chi connectivity index (χ0) is 34.1. The van der Waals surface area contributed by atoms with Crippen LogP contribution in [0.15, 0.2) is 48.7 Å². The third kappa shape index (κ3) is 7.58. The van der Waals surface area contributed by atoms with Crippen LogP contribution in [0.25, 0.3) is 16.3 Å². The molecule has 7 rings (SSSR count). The highest BCUT2D eigenvalue weighted by Gasteiger charge is 2.38. The fourth-order valence-electron chi connectivity index (χ4n) is 6.29. The number of thiazole rings is 1. The Bertz CT molecular complexity index is 1780. The quantitative estimate of drug-likeness (QED) is 0.164. The molecule has 1 saturated heterocycles. The van der Waals surface area contributed by atoms with E-state index < -0.39 is 17.7 Å². The van der Waals surface area contributed by atoms with Gasteiger partial charge in [0.15, 0.2) is 11.8 Å². The average Bonchev–Trinajstić information content (AvgIpc) is 3.67. The Kier molecular flexibility index (Phi) is 9.92. The summed E-state index contributed by atoms with van der Waals surface area (Å²) >= 11 is 1.61. The number of rotatable bonds is 4. The Hall–Kier alpha value is -3.80. The van der Waals surface area contributed by atoms with Gasteiger partial charge in [-0.25, -0.2) is 14.8 Å². The zero-order valence-corrected chi connectivity index (χ0v) is 29.9. The molecule has 3 aliphatic heterocycles. The van der Waals surface area contributed by atoms with Gasteiger partial charge in [-0.05, 0) is 72.9 Å². The molecule has 2 atom stereocenters. The summed E-state index contributed by atoms with van der Waals surface area (Å²) in [5.41, 5.74) is 2.97. The molecule has 11 heteroatoms. The van der Waals surface area contributed by atoms with Crippen molar-refractivity contribution < 1.29 is 23.7 Å². The average molecular weight is 674 g/mol. The van der Waals surface area contributed by atoms with Crippen molar-refractivity contribution in [2.24, 2.45) is 0 Å². The first-order valence-electron chi connectivity index (χ1n) is 16.9. The van der Waals surface area contributed by atoms with Crippen molar-refractivity contribution in [3.8, 4) is 16.5 Å². The number of aryl methyl sites for hydroxylation is 1. The molecule has 0 unspecified atom stereocenters. The Morgan fingerprint density at radius 2 is 1.96 bits per heavy atom. The first-order chi connectivity index (χ1) is 22.9. The maximum atomic E-state index is 13.6. The normalized spacial score (nSPS) is 21.7. The lowest BCUT2D eigenvalue weighted by atomic mass is 9.92. The highest BCUT2D eigenvalue weighted by atomic mass is 32.1. The van der Waals surface area contributed by atoms with Crippen molar-refractivity contribution in [1.29, 1.82) is 0 Å². The molecule has 0 N–H and O–H groups in total. The number of carbonyl (C=O) groups is 1. The van der Waals surface area contributed by atoms with Gasteiger partial charge in [-0.2, -0.15) is 9.61 Å². The van der Waals surface area contributed by atoms with Crippen molar-refractivity contribution in [3.05, 3.63) is 70.4 Å². The van der Waals surface area contributed by atoms with Gasteiger partial charge < -0.3 is 23.8 Å². The van der Waals surface area contributed by atoms with Crippen LogP contribution in [0, 0.1) is 6.92 Å². The number of carbonyl (C=O) groups excluding carboxylic acids is 1. The number of benzene rings is 1. The van der Waals surface area contributed by atoms with Gasteiger partial charge in [-0.15, -0.1) is 11.3 Å². The molecule has 6 bridgehead atoms. The van der Waals surface area contributed by atoms with E-state index in [0.717, 1.165) is 52.0 Å². The third-order valence-electron chi connectivity index (χ3n) is 8.76. The summed E-state index contributed by atoms with van der Waals surface area (Å²) in [4.78, 5) is 26.7. The van der Waals surface area contributed by atoms with E-state index in [1.807, 2.05) is 62.7 Å². The number of hydrogen-bond donors (Lipinski definition) is 0. The molecule has 1 fully saturated rings. The maximum Gasteiger partial charge on any atom is 0.340 e. The lowest BCUT2D eigenvalue weighted by Gasteiger charge is -2.41. The van der Waals surface area contributed by atoms with Gasteiger partial charge in [0.25, 0.3) is 0 Å². The summed E-state index contributed by atoms with van der Waals surface area (Å²) in [5.74, 6) is 1.23. The molecule has 10 nitrogen and oxygen atoms in total. The van der Waals surface area contributed by atoms with Crippen LogP contribution < -0.4 is 9.64 Å². The number of nitrogens with zero attached hydrogens (tertiary/aromatic N) is 5. The van der Waals surface area contributed by atoms with E-state index in [2.05, 4.69) is 37.0 Å². The van der Waals surface area contributed by atoms with Crippen LogP contribution in [0.2, 0.25) is 0 Å². The lowest BCUT2D eigenvalue weighted by molar-refractivity contribution is -0.166. The van der Waals surface area contributed by atoms with Crippen molar-refractivity contribution in [1.82, 2.24) is 19.6 Å². The summed E-state index contributed by atoms with van der Waals surface area (Å²) in [5, 5.41) is 5.91. The summed E-state index contributed by atoms with van der Waals surface area (Å²) in [6.07, 6.45) is 8.28. The van der Waals surface area contributed by atoms with Gasteiger partial charge in [0.1, 0.15) is 22.3 Å². The number of ether oxygens (including phenoxy) is 4. The summed E-state index contributed by atoms with van der Waals surface area (Å²) in [7, 11) is 0. The smallest absolute Gasteiger partial charge is 0.340 e. The molecule has 0 spiro atoms. The Morgan fingerprint density at radius 3 is 2.71 bits per heavy atom. The van der Waals surface area contributed by atoms with E-state index in [1.165, 1.54) is 0 Å². The third-order valence-corrected chi connectivity index (χ3v) is 9.78. The first kappa shape index (κ1) is 34.1. The Labute approximate surface area is 287 Å². The first-order valence-corrected chi connectivity index (χ1v) is 17.7. The fraction of sp³-hybridized carbons (Fsp3) is 0.514. The lowest BCUT2D eigenvalue weighted by Crippen LogP contribution is -2.45. The predicted octanol–water partition coefficient (Wildman–Crippen LogP) is 7.27. The molecule has 0 saturated carbocycles. The van der Waals surface area contributed by atoms with Crippen LogP contribution in [0.5, 0.6) is 5.75 Å². The zero-order valence-electron chi connectivity index (χ0n) is 29.1. The van der Waals surface area contributed by atoms with Crippen LogP contribution >= 0.6 is 11.3 Å². The molecule has 4 aromatic rings. The minimum atomic E-state index is -0.982. The molecule has 48 heavy (non-hydrogen) atoms. The van der Waals surface area contributed by atoms with E-state index >= 15 is 0 Å². The topological polar surface area (TPSA) is 100 Å². The van der Waals surface area contributed by atoms with E-state index in [1.54, 1.807) is 18.3 Å². The SMILES string of the molecule is CCOC(=O)[C@@H](OC(C)(C)C)c1c(C)nc2cc3nn2c1N1CCC(C)(CC1)OC/C=C/C[C@@H](C)Oc1ccccc1Cc1cnc-3s1. The molecule has 0 amide bonds. The van der Waals surface area contributed by atoms with Crippen molar-refractivity contribution in [3.63, 3.8) is 0 Å². The second-order valence-corrected chi connectivity index (χ2v) is 15.0. The summed E-state index contributed by atoms with van der Waals surface area (Å²) in [6.45, 7) is 16.0. The number of esters is 1. The van der Waals surface area contributed by atoms with Crippen LogP contribution in [0.1, 0.15) is 88.6 Å². The molecule has 0 aliphatic carbocycles. The second-order valence-electron chi connectivity index (χ2n) is 13.9. The van der Waals surface area contributed by atoms with Crippen molar-refractivity contribution >= 4 is 28.8 Å². The molecule has 3 aromatic heterocycles. The summed E-state index contributed by atoms with van der Waals surface area (Å²) < 4.78 is 26.7. The number of piperidine rings is 1. The minimum Gasteiger partial charge on any atom is -0.490 e. The minimum absolute atomic E-state index is 0.0180. The van der Waals surface area contributed by atoms with Crippen LogP contribution in [-0.2, 0) is 25.4 Å². The van der Waals surface area contributed by atoms with Gasteiger partial charge in [0, 0.05) is 48.8 Å². The monoisotopic (exact) mass is 673 g/mol. The molecule has 1 aromatic carbocycles. The number of fused-ring (bicyclic) bond motifs is 7. The highest BCUT2D eigenvalue weighted by Crippen LogP contribution is 2.39. The highest BCUT2D eigenvalue weighted by molar-refractivity contribution is 7.15. The number of anilines is 1. The largest absolute Gasteiger partial charge is 0.490 e. The Morgan fingerprint density at radius 1 is 1.19 bits per heavy atom. The maximum absolute atomic E-state index is 13.6. The number of para-hydroxylation sites is 1. The molecule has 3 aliphatic rings. The van der Waals surface area contributed by atoms with Crippen LogP contribution in [0.3, 0.4) is 0 Å². The van der Waals surface area contributed by atoms with Crippen molar-refractivity contribution in [2.45, 2.75) is 97.6 Å². The van der Waals surface area contributed by atoms with E-state index in [-0.39, 0.29) is 18.3 Å². The van der Waals surface area contributed by atoms with Gasteiger partial charge in [0.05, 0.1) is 36.1 Å². The van der Waals surface area contributed by atoms with Crippen LogP contribution in [-0.4, -0.2) is 69.2 Å². The molecular weight excluding hydrogens is 627 g/mol. The van der Waals surface area contributed by atoms with E-state index in [4.69, 9.17) is 34.0 Å². The standard InChI is InChI=1S/C37H47N5O5S/c1-8-44-35(43)32(47-36(4,5)6)31-25(3)39-30-22-28-33-38-23-27(48-33)21-26-14-9-10-15-29(26)46-24(2)13-11-12-20-45-37(7)16-18-41(19-17-37)34(31)42(30)40-28/h9-12,14-15,22-24,32H,8,13,16-21H2,1-7H3/b12-11+/t24-,32+/m1/s1. The van der Waals surface area contributed by atoms with Gasteiger partial charge in [-0.1, -0.05) is 30.4 Å². The molecule has 256 valence electrons. The van der Waals surface area contributed by atoms with Gasteiger partial charge in [-0.3, -0.25) is 0 Å². The van der Waals surface area contributed by atoms with Crippen molar-refractivity contribution in [2.75, 3.05) is 31.2 Å².